The highest BCUT2D eigenvalue weighted by Crippen LogP contribution is 2.54. The molecule has 1 aromatic heterocycles. The molecule has 156 valence electrons. The molecule has 0 spiro atoms. The first-order valence-corrected chi connectivity index (χ1v) is 10.8. The second-order valence-corrected chi connectivity index (χ2v) is 8.43. The molecule has 5 heteroatoms. The van der Waals surface area contributed by atoms with Crippen LogP contribution >= 0.6 is 0 Å². The predicted octanol–water partition coefficient (Wildman–Crippen LogP) is 3.95. The Morgan fingerprint density at radius 1 is 1.10 bits per heavy atom. The minimum absolute atomic E-state index is 0.0666. The molecule has 0 bridgehead atoms. The standard InChI is InChI=1S/C26H25N3O2/c30-17-24-20-6-2-1-5-19(20)8-9-25(24)29-15-22-21(23(22)16-29)11-13-28-26(31)10-7-18-4-3-12-27-14-18/h1-10,12,14,17,21-23H,11,13,15-16H2,(H,28,31)/b10-7+. The fourth-order valence-electron chi connectivity index (χ4n) is 5.03. The molecule has 3 aromatic rings. The first kappa shape index (κ1) is 19.5. The molecule has 2 atom stereocenters. The smallest absolute Gasteiger partial charge is 0.244 e. The van der Waals surface area contributed by atoms with E-state index in [1.807, 2.05) is 36.4 Å². The molecule has 1 aliphatic heterocycles. The zero-order chi connectivity index (χ0) is 21.2. The van der Waals surface area contributed by atoms with Gasteiger partial charge in [-0.05, 0) is 58.7 Å². The molecule has 5 nitrogen and oxygen atoms in total. The van der Waals surface area contributed by atoms with Crippen molar-refractivity contribution in [3.05, 3.63) is 78.1 Å². The van der Waals surface area contributed by atoms with Crippen molar-refractivity contribution in [1.29, 1.82) is 0 Å². The van der Waals surface area contributed by atoms with Crippen molar-refractivity contribution in [2.24, 2.45) is 17.8 Å². The van der Waals surface area contributed by atoms with Crippen molar-refractivity contribution in [3.8, 4) is 0 Å². The summed E-state index contributed by atoms with van der Waals surface area (Å²) in [7, 11) is 0. The van der Waals surface area contributed by atoms with Gasteiger partial charge in [-0.25, -0.2) is 0 Å². The fraction of sp³-hybridized carbons (Fsp3) is 0.269. The Morgan fingerprint density at radius 3 is 2.71 bits per heavy atom. The molecular formula is C26H25N3O2. The number of benzene rings is 2. The predicted molar refractivity (Wildman–Crippen MR) is 123 cm³/mol. The normalized spacial score (nSPS) is 21.9. The van der Waals surface area contributed by atoms with Gasteiger partial charge >= 0.3 is 0 Å². The summed E-state index contributed by atoms with van der Waals surface area (Å²) >= 11 is 0. The molecule has 5 rings (SSSR count). The molecule has 2 aliphatic rings. The lowest BCUT2D eigenvalue weighted by molar-refractivity contribution is -0.116. The first-order valence-electron chi connectivity index (χ1n) is 10.8. The van der Waals surface area contributed by atoms with Crippen LogP contribution in [0.2, 0.25) is 0 Å². The number of nitrogens with one attached hydrogen (secondary N) is 1. The van der Waals surface area contributed by atoms with Gasteiger partial charge in [0.2, 0.25) is 5.91 Å². The molecule has 2 fully saturated rings. The maximum Gasteiger partial charge on any atom is 0.244 e. The van der Waals surface area contributed by atoms with Crippen LogP contribution in [0.3, 0.4) is 0 Å². The van der Waals surface area contributed by atoms with Gasteiger partial charge in [-0.2, -0.15) is 0 Å². The van der Waals surface area contributed by atoms with Crippen LogP contribution in [0, 0.1) is 17.8 Å². The molecule has 1 saturated heterocycles. The molecule has 1 N–H and O–H groups in total. The summed E-state index contributed by atoms with van der Waals surface area (Å²) in [5.41, 5.74) is 2.76. The van der Waals surface area contributed by atoms with Crippen LogP contribution in [0.5, 0.6) is 0 Å². The van der Waals surface area contributed by atoms with Crippen molar-refractivity contribution in [2.45, 2.75) is 6.42 Å². The van der Waals surface area contributed by atoms with E-state index in [-0.39, 0.29) is 5.91 Å². The molecule has 2 unspecified atom stereocenters. The first-order chi connectivity index (χ1) is 15.2. The average Bonchev–Trinajstić information content (AvgIpc) is 3.25. The van der Waals surface area contributed by atoms with E-state index in [2.05, 4.69) is 27.3 Å². The number of piperidine rings is 1. The summed E-state index contributed by atoms with van der Waals surface area (Å²) in [5.74, 6) is 1.92. The Kier molecular flexibility index (Phi) is 5.24. The molecule has 1 amide bonds. The maximum absolute atomic E-state index is 12.0. The van der Waals surface area contributed by atoms with Crippen LogP contribution in [-0.4, -0.2) is 36.8 Å². The van der Waals surface area contributed by atoms with E-state index in [1.165, 1.54) is 0 Å². The Balaban J connectivity index is 1.13. The highest BCUT2D eigenvalue weighted by atomic mass is 16.1. The fourth-order valence-corrected chi connectivity index (χ4v) is 5.03. The van der Waals surface area contributed by atoms with Gasteiger partial charge in [-0.15, -0.1) is 0 Å². The Bertz CT molecular complexity index is 1130. The zero-order valence-electron chi connectivity index (χ0n) is 17.3. The van der Waals surface area contributed by atoms with Crippen LogP contribution in [0.1, 0.15) is 22.3 Å². The van der Waals surface area contributed by atoms with E-state index >= 15 is 0 Å². The summed E-state index contributed by atoms with van der Waals surface area (Å²) in [6.07, 6.45) is 8.78. The van der Waals surface area contributed by atoms with Gasteiger partial charge in [-0.3, -0.25) is 14.6 Å². The number of carbonyl (C=O) groups is 2. The molecule has 31 heavy (non-hydrogen) atoms. The summed E-state index contributed by atoms with van der Waals surface area (Å²) in [6.45, 7) is 2.68. The van der Waals surface area contributed by atoms with Gasteiger partial charge in [-0.1, -0.05) is 36.4 Å². The number of hydrogen-bond acceptors (Lipinski definition) is 4. The third kappa shape index (κ3) is 3.96. The number of rotatable bonds is 7. The maximum atomic E-state index is 12.0. The third-order valence-corrected chi connectivity index (χ3v) is 6.67. The van der Waals surface area contributed by atoms with Gasteiger partial charge < -0.3 is 10.2 Å². The van der Waals surface area contributed by atoms with Crippen molar-refractivity contribution >= 4 is 34.7 Å². The van der Waals surface area contributed by atoms with E-state index < -0.39 is 0 Å². The molecule has 2 aromatic carbocycles. The van der Waals surface area contributed by atoms with E-state index in [0.717, 1.165) is 53.4 Å². The molecule has 0 radical (unpaired) electrons. The highest BCUT2D eigenvalue weighted by molar-refractivity contribution is 6.03. The SMILES string of the molecule is O=Cc1c(N2CC3C(CCNC(=O)/C=C/c4cccnc4)C3C2)ccc2ccccc12. The van der Waals surface area contributed by atoms with Crippen molar-refractivity contribution in [2.75, 3.05) is 24.5 Å². The zero-order valence-corrected chi connectivity index (χ0v) is 17.3. The summed E-state index contributed by atoms with van der Waals surface area (Å²) in [4.78, 5) is 30.2. The second kappa shape index (κ2) is 8.34. The topological polar surface area (TPSA) is 62.3 Å². The van der Waals surface area contributed by atoms with Crippen LogP contribution in [0.4, 0.5) is 5.69 Å². The van der Waals surface area contributed by atoms with Gasteiger partial charge in [0.25, 0.3) is 0 Å². The van der Waals surface area contributed by atoms with E-state index in [1.54, 1.807) is 24.5 Å². The number of pyridine rings is 1. The minimum atomic E-state index is -0.0666. The Hall–Kier alpha value is -3.47. The largest absolute Gasteiger partial charge is 0.370 e. The number of fused-ring (bicyclic) bond motifs is 2. The number of nitrogens with zero attached hydrogens (tertiary/aromatic N) is 2. The summed E-state index contributed by atoms with van der Waals surface area (Å²) in [6, 6.07) is 16.0. The van der Waals surface area contributed by atoms with Crippen LogP contribution in [0.25, 0.3) is 16.8 Å². The third-order valence-electron chi connectivity index (χ3n) is 6.67. The monoisotopic (exact) mass is 411 g/mol. The Morgan fingerprint density at radius 2 is 1.94 bits per heavy atom. The lowest BCUT2D eigenvalue weighted by Crippen LogP contribution is -2.27. The van der Waals surface area contributed by atoms with Gasteiger partial charge in [0, 0.05) is 49.4 Å². The van der Waals surface area contributed by atoms with E-state index in [4.69, 9.17) is 0 Å². The van der Waals surface area contributed by atoms with Crippen molar-refractivity contribution < 1.29 is 9.59 Å². The van der Waals surface area contributed by atoms with Gasteiger partial charge in [0.15, 0.2) is 6.29 Å². The quantitative estimate of drug-likeness (QED) is 0.472. The number of hydrogen-bond donors (Lipinski definition) is 1. The van der Waals surface area contributed by atoms with E-state index in [0.29, 0.717) is 24.3 Å². The lowest BCUT2D eigenvalue weighted by atomic mass is 10.0. The molecular weight excluding hydrogens is 386 g/mol. The van der Waals surface area contributed by atoms with Gasteiger partial charge in [0.1, 0.15) is 0 Å². The number of amides is 1. The van der Waals surface area contributed by atoms with Crippen molar-refractivity contribution in [1.82, 2.24) is 10.3 Å². The number of aromatic nitrogens is 1. The summed E-state index contributed by atoms with van der Waals surface area (Å²) in [5, 5.41) is 5.11. The second-order valence-electron chi connectivity index (χ2n) is 8.43. The lowest BCUT2D eigenvalue weighted by Gasteiger charge is -2.24. The van der Waals surface area contributed by atoms with Gasteiger partial charge in [0.05, 0.1) is 0 Å². The average molecular weight is 412 g/mol. The van der Waals surface area contributed by atoms with E-state index in [9.17, 15) is 9.59 Å². The molecule has 1 aliphatic carbocycles. The number of carbonyl (C=O) groups excluding carboxylic acids is 2. The Labute approximate surface area is 181 Å². The highest BCUT2D eigenvalue weighted by Gasteiger charge is 2.55. The van der Waals surface area contributed by atoms with Crippen LogP contribution < -0.4 is 10.2 Å². The number of aldehydes is 1. The van der Waals surface area contributed by atoms with Crippen molar-refractivity contribution in [3.63, 3.8) is 0 Å². The van der Waals surface area contributed by atoms with Crippen LogP contribution in [0.15, 0.2) is 67.0 Å². The molecule has 2 heterocycles. The minimum Gasteiger partial charge on any atom is -0.370 e. The number of anilines is 1. The molecule has 1 saturated carbocycles. The van der Waals surface area contributed by atoms with Crippen LogP contribution in [-0.2, 0) is 4.79 Å². The summed E-state index contributed by atoms with van der Waals surface area (Å²) < 4.78 is 0.